The van der Waals surface area contributed by atoms with Crippen LogP contribution in [0.3, 0.4) is 0 Å². The van der Waals surface area contributed by atoms with Gasteiger partial charge in [0.1, 0.15) is 5.75 Å². The SMILES string of the molecule is CCOC(=O)C=Cc1ccccc1OCC(=O)NN. The van der Waals surface area contributed by atoms with E-state index in [4.69, 9.17) is 15.3 Å². The Balaban J connectivity index is 2.72. The summed E-state index contributed by atoms with van der Waals surface area (Å²) >= 11 is 0. The molecule has 0 saturated carbocycles. The highest BCUT2D eigenvalue weighted by atomic mass is 16.5. The number of nitrogens with two attached hydrogens (primary N) is 1. The van der Waals surface area contributed by atoms with Crippen LogP contribution >= 0.6 is 0 Å². The minimum Gasteiger partial charge on any atom is -0.483 e. The van der Waals surface area contributed by atoms with Crippen molar-refractivity contribution in [2.24, 2.45) is 5.84 Å². The minimum atomic E-state index is -0.441. The number of carbonyl (C=O) groups is 2. The van der Waals surface area contributed by atoms with Crippen LogP contribution in [0.4, 0.5) is 0 Å². The maximum atomic E-state index is 11.2. The fourth-order valence-electron chi connectivity index (χ4n) is 1.28. The van der Waals surface area contributed by atoms with E-state index in [0.717, 1.165) is 0 Å². The van der Waals surface area contributed by atoms with Crippen molar-refractivity contribution in [3.8, 4) is 5.75 Å². The number of para-hydroxylation sites is 1. The van der Waals surface area contributed by atoms with Crippen LogP contribution < -0.4 is 16.0 Å². The molecule has 6 nitrogen and oxygen atoms in total. The Morgan fingerprint density at radius 1 is 1.37 bits per heavy atom. The molecular weight excluding hydrogens is 248 g/mol. The zero-order valence-electron chi connectivity index (χ0n) is 10.6. The summed E-state index contributed by atoms with van der Waals surface area (Å²) in [4.78, 5) is 22.2. The second-order valence-corrected chi connectivity index (χ2v) is 3.48. The Morgan fingerprint density at radius 3 is 2.79 bits per heavy atom. The number of hydrazine groups is 1. The van der Waals surface area contributed by atoms with E-state index in [2.05, 4.69) is 0 Å². The molecule has 0 aliphatic carbocycles. The highest BCUT2D eigenvalue weighted by molar-refractivity contribution is 5.87. The van der Waals surface area contributed by atoms with E-state index in [-0.39, 0.29) is 6.61 Å². The molecule has 0 bridgehead atoms. The molecule has 1 amide bonds. The highest BCUT2D eigenvalue weighted by Gasteiger charge is 2.04. The summed E-state index contributed by atoms with van der Waals surface area (Å²) < 4.78 is 10.1. The zero-order valence-corrected chi connectivity index (χ0v) is 10.6. The van der Waals surface area contributed by atoms with E-state index in [1.807, 2.05) is 5.43 Å². The molecule has 1 aromatic carbocycles. The van der Waals surface area contributed by atoms with Crippen LogP contribution in [0.2, 0.25) is 0 Å². The predicted octanol–water partition coefficient (Wildman–Crippen LogP) is 0.632. The van der Waals surface area contributed by atoms with Gasteiger partial charge in [0.25, 0.3) is 5.91 Å². The fraction of sp³-hybridized carbons (Fsp3) is 0.231. The number of benzene rings is 1. The maximum Gasteiger partial charge on any atom is 0.330 e. The van der Waals surface area contributed by atoms with Crippen molar-refractivity contribution in [3.63, 3.8) is 0 Å². The summed E-state index contributed by atoms with van der Waals surface area (Å²) in [5, 5.41) is 0. The molecule has 0 atom stereocenters. The molecule has 1 rings (SSSR count). The summed E-state index contributed by atoms with van der Waals surface area (Å²) in [5.41, 5.74) is 2.63. The van der Waals surface area contributed by atoms with Gasteiger partial charge in [0.2, 0.25) is 0 Å². The van der Waals surface area contributed by atoms with E-state index in [1.165, 1.54) is 6.08 Å². The summed E-state index contributed by atoms with van der Waals surface area (Å²) in [6.07, 6.45) is 2.86. The van der Waals surface area contributed by atoms with Gasteiger partial charge >= 0.3 is 5.97 Å². The van der Waals surface area contributed by atoms with Crippen molar-refractivity contribution in [1.29, 1.82) is 0 Å². The smallest absolute Gasteiger partial charge is 0.330 e. The molecule has 19 heavy (non-hydrogen) atoms. The van der Waals surface area contributed by atoms with Crippen molar-refractivity contribution < 1.29 is 19.1 Å². The lowest BCUT2D eigenvalue weighted by Gasteiger charge is -2.07. The normalized spacial score (nSPS) is 10.2. The topological polar surface area (TPSA) is 90.6 Å². The van der Waals surface area contributed by atoms with Crippen molar-refractivity contribution in [2.75, 3.05) is 13.2 Å². The molecule has 0 spiro atoms. The third kappa shape index (κ3) is 5.22. The molecular formula is C13H16N2O4. The van der Waals surface area contributed by atoms with E-state index in [0.29, 0.717) is 17.9 Å². The summed E-state index contributed by atoms with van der Waals surface area (Å²) in [5.74, 6) is 4.56. The van der Waals surface area contributed by atoms with Gasteiger partial charge in [-0.15, -0.1) is 0 Å². The van der Waals surface area contributed by atoms with Gasteiger partial charge in [0, 0.05) is 11.6 Å². The number of nitrogens with one attached hydrogen (secondary N) is 1. The van der Waals surface area contributed by atoms with Gasteiger partial charge in [-0.3, -0.25) is 10.2 Å². The van der Waals surface area contributed by atoms with Crippen LogP contribution in [0.1, 0.15) is 12.5 Å². The second-order valence-electron chi connectivity index (χ2n) is 3.48. The van der Waals surface area contributed by atoms with Crippen LogP contribution in [-0.4, -0.2) is 25.1 Å². The third-order valence-electron chi connectivity index (χ3n) is 2.12. The quantitative estimate of drug-likeness (QED) is 0.258. The number of esters is 1. The van der Waals surface area contributed by atoms with Crippen LogP contribution in [0.5, 0.6) is 5.75 Å². The number of hydrogen-bond donors (Lipinski definition) is 2. The van der Waals surface area contributed by atoms with Crippen molar-refractivity contribution in [1.82, 2.24) is 5.43 Å². The first kappa shape index (κ1) is 14.7. The fourth-order valence-corrected chi connectivity index (χ4v) is 1.28. The van der Waals surface area contributed by atoms with Crippen molar-refractivity contribution in [2.45, 2.75) is 6.92 Å². The molecule has 0 saturated heterocycles. The molecule has 0 aromatic heterocycles. The third-order valence-corrected chi connectivity index (χ3v) is 2.12. The number of carbonyl (C=O) groups excluding carboxylic acids is 2. The lowest BCUT2D eigenvalue weighted by Crippen LogP contribution is -2.34. The van der Waals surface area contributed by atoms with Gasteiger partial charge in [-0.2, -0.15) is 0 Å². The van der Waals surface area contributed by atoms with Gasteiger partial charge in [0.15, 0.2) is 6.61 Å². The van der Waals surface area contributed by atoms with Gasteiger partial charge < -0.3 is 9.47 Å². The Morgan fingerprint density at radius 2 is 2.11 bits per heavy atom. The number of rotatable bonds is 6. The first-order chi connectivity index (χ1) is 9.17. The molecule has 0 radical (unpaired) electrons. The average molecular weight is 264 g/mol. The molecule has 102 valence electrons. The molecule has 0 aliphatic rings. The lowest BCUT2D eigenvalue weighted by atomic mass is 10.2. The number of amides is 1. The Hall–Kier alpha value is -2.34. The minimum absolute atomic E-state index is 0.194. The van der Waals surface area contributed by atoms with Crippen LogP contribution in [-0.2, 0) is 14.3 Å². The van der Waals surface area contributed by atoms with Crippen LogP contribution in [0.25, 0.3) is 6.08 Å². The summed E-state index contributed by atoms with van der Waals surface area (Å²) in [6, 6.07) is 7.00. The lowest BCUT2D eigenvalue weighted by molar-refractivity contribution is -0.137. The van der Waals surface area contributed by atoms with Crippen LogP contribution in [0.15, 0.2) is 30.3 Å². The summed E-state index contributed by atoms with van der Waals surface area (Å²) in [6.45, 7) is 1.85. The van der Waals surface area contributed by atoms with E-state index in [1.54, 1.807) is 37.3 Å². The predicted molar refractivity (Wildman–Crippen MR) is 69.9 cm³/mol. The van der Waals surface area contributed by atoms with Crippen molar-refractivity contribution >= 4 is 18.0 Å². The molecule has 0 unspecified atom stereocenters. The number of ether oxygens (including phenoxy) is 2. The Bertz CT molecular complexity index is 471. The first-order valence-electron chi connectivity index (χ1n) is 5.73. The zero-order chi connectivity index (χ0) is 14.1. The van der Waals surface area contributed by atoms with Crippen molar-refractivity contribution in [3.05, 3.63) is 35.9 Å². The number of hydrogen-bond acceptors (Lipinski definition) is 5. The molecule has 6 heteroatoms. The van der Waals surface area contributed by atoms with Gasteiger partial charge in [0.05, 0.1) is 6.61 Å². The molecule has 1 aromatic rings. The van der Waals surface area contributed by atoms with Gasteiger partial charge in [-0.05, 0) is 19.1 Å². The maximum absolute atomic E-state index is 11.2. The standard InChI is InChI=1S/C13H16N2O4/c1-2-18-13(17)8-7-10-5-3-4-6-11(10)19-9-12(16)15-14/h3-8H,2,9,14H2,1H3,(H,15,16). The molecule has 0 fully saturated rings. The van der Waals surface area contributed by atoms with Gasteiger partial charge in [-0.1, -0.05) is 18.2 Å². The summed E-state index contributed by atoms with van der Waals surface area (Å²) in [7, 11) is 0. The highest BCUT2D eigenvalue weighted by Crippen LogP contribution is 2.19. The van der Waals surface area contributed by atoms with E-state index < -0.39 is 11.9 Å². The average Bonchev–Trinajstić information content (AvgIpc) is 2.43. The van der Waals surface area contributed by atoms with Gasteiger partial charge in [-0.25, -0.2) is 10.6 Å². The monoisotopic (exact) mass is 264 g/mol. The molecule has 3 N–H and O–H groups in total. The van der Waals surface area contributed by atoms with E-state index >= 15 is 0 Å². The Kier molecular flexibility index (Phi) is 6.11. The molecule has 0 aliphatic heterocycles. The molecule has 0 heterocycles. The largest absolute Gasteiger partial charge is 0.483 e. The van der Waals surface area contributed by atoms with E-state index in [9.17, 15) is 9.59 Å². The first-order valence-corrected chi connectivity index (χ1v) is 5.73. The second kappa shape index (κ2) is 7.88. The van der Waals surface area contributed by atoms with Crippen LogP contribution in [0, 0.1) is 0 Å². The Labute approximate surface area is 111 Å².